The van der Waals surface area contributed by atoms with Crippen molar-refractivity contribution in [2.75, 3.05) is 6.61 Å². The normalized spacial score (nSPS) is 14.8. The number of benzene rings is 1. The second kappa shape index (κ2) is 8.28. The van der Waals surface area contributed by atoms with Gasteiger partial charge in [-0.05, 0) is 46.8 Å². The summed E-state index contributed by atoms with van der Waals surface area (Å²) in [6.45, 7) is 3.27. The number of rotatable bonds is 7. The first-order chi connectivity index (χ1) is 11.4. The molecule has 0 radical (unpaired) electrons. The molecule has 1 aliphatic carbocycles. The molecule has 6 nitrogen and oxygen atoms in total. The van der Waals surface area contributed by atoms with Crippen molar-refractivity contribution < 1.29 is 19.1 Å². The zero-order chi connectivity index (χ0) is 17.7. The molecular formula is C17H21BrN2O4. The molecule has 1 aliphatic rings. The lowest BCUT2D eigenvalue weighted by atomic mass is 10.0. The van der Waals surface area contributed by atoms with Gasteiger partial charge in [-0.25, -0.2) is 4.79 Å². The predicted molar refractivity (Wildman–Crippen MR) is 92.4 cm³/mol. The van der Waals surface area contributed by atoms with E-state index in [0.29, 0.717) is 10.0 Å². The molecule has 0 unspecified atom stereocenters. The molecule has 1 saturated carbocycles. The summed E-state index contributed by atoms with van der Waals surface area (Å²) in [6, 6.07) is 6.34. The summed E-state index contributed by atoms with van der Waals surface area (Å²) >= 11 is 3.31. The van der Waals surface area contributed by atoms with Gasteiger partial charge in [0.05, 0.1) is 5.56 Å². The summed E-state index contributed by atoms with van der Waals surface area (Å²) < 4.78 is 5.69. The zero-order valence-corrected chi connectivity index (χ0v) is 15.3. The van der Waals surface area contributed by atoms with Crippen molar-refractivity contribution in [2.45, 2.75) is 38.8 Å². The number of ether oxygens (including phenoxy) is 1. The number of amides is 2. The van der Waals surface area contributed by atoms with Crippen LogP contribution in [0.2, 0.25) is 0 Å². The van der Waals surface area contributed by atoms with Gasteiger partial charge in [0.2, 0.25) is 0 Å². The number of hydrogen-bond donors (Lipinski definition) is 2. The van der Waals surface area contributed by atoms with Gasteiger partial charge in [-0.15, -0.1) is 0 Å². The Morgan fingerprint density at radius 3 is 2.50 bits per heavy atom. The molecule has 0 aliphatic heterocycles. The fraction of sp³-hybridized carbons (Fsp3) is 0.471. The number of nitrogens with one attached hydrogen (secondary N) is 2. The van der Waals surface area contributed by atoms with Crippen LogP contribution in [-0.4, -0.2) is 36.5 Å². The van der Waals surface area contributed by atoms with Crippen molar-refractivity contribution in [3.05, 3.63) is 34.3 Å². The van der Waals surface area contributed by atoms with Crippen LogP contribution in [0.15, 0.2) is 28.7 Å². The summed E-state index contributed by atoms with van der Waals surface area (Å²) in [6.07, 6.45) is 1.94. The van der Waals surface area contributed by atoms with E-state index >= 15 is 0 Å². The molecular weight excluding hydrogens is 376 g/mol. The van der Waals surface area contributed by atoms with Crippen LogP contribution in [0.3, 0.4) is 0 Å². The first-order valence-electron chi connectivity index (χ1n) is 7.90. The topological polar surface area (TPSA) is 84.5 Å². The minimum Gasteiger partial charge on any atom is -0.454 e. The van der Waals surface area contributed by atoms with Crippen LogP contribution in [-0.2, 0) is 14.3 Å². The maximum atomic E-state index is 12.3. The minimum atomic E-state index is -0.821. The Hall–Kier alpha value is -1.89. The van der Waals surface area contributed by atoms with Gasteiger partial charge >= 0.3 is 5.97 Å². The monoisotopic (exact) mass is 396 g/mol. The number of halogens is 1. The summed E-state index contributed by atoms with van der Waals surface area (Å²) in [5.74, 6) is -1.47. The lowest BCUT2D eigenvalue weighted by Gasteiger charge is -2.21. The Balaban J connectivity index is 1.92. The molecule has 7 heteroatoms. The molecule has 2 amide bonds. The second-order valence-electron chi connectivity index (χ2n) is 6.12. The molecule has 1 aromatic carbocycles. The standard InChI is InChI=1S/C17H21BrN2O4/c1-10(2)15(17(23)24-9-14(21)19-11-7-8-11)20-16(22)12-5-3-4-6-13(12)18/h3-6,10-11,15H,7-9H2,1-2H3,(H,19,21)(H,20,22)/t15-/m0/s1. The zero-order valence-electron chi connectivity index (χ0n) is 13.7. The van der Waals surface area contributed by atoms with Gasteiger partial charge in [0.15, 0.2) is 6.61 Å². The lowest BCUT2D eigenvalue weighted by Crippen LogP contribution is -2.46. The van der Waals surface area contributed by atoms with Gasteiger partial charge in [0.1, 0.15) is 6.04 Å². The van der Waals surface area contributed by atoms with E-state index in [2.05, 4.69) is 26.6 Å². The predicted octanol–water partition coefficient (Wildman–Crippen LogP) is 2.03. The first-order valence-corrected chi connectivity index (χ1v) is 8.69. The van der Waals surface area contributed by atoms with E-state index in [9.17, 15) is 14.4 Å². The molecule has 24 heavy (non-hydrogen) atoms. The highest BCUT2D eigenvalue weighted by atomic mass is 79.9. The van der Waals surface area contributed by atoms with Crippen molar-refractivity contribution in [3.8, 4) is 0 Å². The van der Waals surface area contributed by atoms with Crippen molar-refractivity contribution in [3.63, 3.8) is 0 Å². The van der Waals surface area contributed by atoms with Gasteiger partial charge in [-0.3, -0.25) is 9.59 Å². The van der Waals surface area contributed by atoms with E-state index in [-0.39, 0.29) is 30.4 Å². The minimum absolute atomic E-state index is 0.171. The van der Waals surface area contributed by atoms with Crippen LogP contribution in [0.25, 0.3) is 0 Å². The number of hydrogen-bond acceptors (Lipinski definition) is 4. The van der Waals surface area contributed by atoms with Gasteiger partial charge in [-0.2, -0.15) is 0 Å². The molecule has 0 aromatic heterocycles. The quantitative estimate of drug-likeness (QED) is 0.690. The smallest absolute Gasteiger partial charge is 0.329 e. The molecule has 2 rings (SSSR count). The van der Waals surface area contributed by atoms with Crippen LogP contribution in [0.5, 0.6) is 0 Å². The summed E-state index contributed by atoms with van der Waals surface area (Å²) in [7, 11) is 0. The van der Waals surface area contributed by atoms with Crippen LogP contribution in [0.1, 0.15) is 37.0 Å². The lowest BCUT2D eigenvalue weighted by molar-refractivity contribution is -0.151. The summed E-state index contributed by atoms with van der Waals surface area (Å²) in [5.41, 5.74) is 0.433. The molecule has 0 saturated heterocycles. The third kappa shape index (κ3) is 5.33. The highest BCUT2D eigenvalue weighted by Crippen LogP contribution is 2.18. The molecule has 0 bridgehead atoms. The third-order valence-corrected chi connectivity index (χ3v) is 4.31. The molecule has 0 heterocycles. The van der Waals surface area contributed by atoms with Crippen LogP contribution in [0.4, 0.5) is 0 Å². The average Bonchev–Trinajstić information content (AvgIpc) is 3.34. The largest absolute Gasteiger partial charge is 0.454 e. The van der Waals surface area contributed by atoms with E-state index in [0.717, 1.165) is 12.8 Å². The average molecular weight is 397 g/mol. The van der Waals surface area contributed by atoms with Crippen LogP contribution in [0, 0.1) is 5.92 Å². The highest BCUT2D eigenvalue weighted by molar-refractivity contribution is 9.10. The molecule has 2 N–H and O–H groups in total. The van der Waals surface area contributed by atoms with Gasteiger partial charge in [0, 0.05) is 10.5 Å². The van der Waals surface area contributed by atoms with Crippen molar-refractivity contribution in [1.82, 2.24) is 10.6 Å². The summed E-state index contributed by atoms with van der Waals surface area (Å²) in [4.78, 5) is 36.2. The number of esters is 1. The molecule has 1 fully saturated rings. The molecule has 1 atom stereocenters. The maximum absolute atomic E-state index is 12.3. The SMILES string of the molecule is CC(C)[C@H](NC(=O)c1ccccc1Br)C(=O)OCC(=O)NC1CC1. The maximum Gasteiger partial charge on any atom is 0.329 e. The van der Waals surface area contributed by atoms with Gasteiger partial charge in [-0.1, -0.05) is 26.0 Å². The Morgan fingerprint density at radius 1 is 1.25 bits per heavy atom. The van der Waals surface area contributed by atoms with Gasteiger partial charge in [0.25, 0.3) is 11.8 Å². The van der Waals surface area contributed by atoms with E-state index in [1.165, 1.54) is 0 Å². The molecule has 130 valence electrons. The molecule has 0 spiro atoms. The molecule has 1 aromatic rings. The Morgan fingerprint density at radius 2 is 1.92 bits per heavy atom. The van der Waals surface area contributed by atoms with E-state index < -0.39 is 12.0 Å². The first kappa shape index (κ1) is 18.4. The van der Waals surface area contributed by atoms with E-state index in [1.54, 1.807) is 38.1 Å². The fourth-order valence-corrected chi connectivity index (χ4v) is 2.55. The van der Waals surface area contributed by atoms with Crippen molar-refractivity contribution >= 4 is 33.7 Å². The fourth-order valence-electron chi connectivity index (χ4n) is 2.09. The second-order valence-corrected chi connectivity index (χ2v) is 6.98. The van der Waals surface area contributed by atoms with Gasteiger partial charge < -0.3 is 15.4 Å². The van der Waals surface area contributed by atoms with Crippen LogP contribution < -0.4 is 10.6 Å². The van der Waals surface area contributed by atoms with Crippen LogP contribution >= 0.6 is 15.9 Å². The third-order valence-electron chi connectivity index (χ3n) is 3.61. The van der Waals surface area contributed by atoms with Crippen molar-refractivity contribution in [1.29, 1.82) is 0 Å². The van der Waals surface area contributed by atoms with E-state index in [4.69, 9.17) is 4.74 Å². The number of carbonyl (C=O) groups excluding carboxylic acids is 3. The number of carbonyl (C=O) groups is 3. The van der Waals surface area contributed by atoms with Crippen molar-refractivity contribution in [2.24, 2.45) is 5.92 Å². The van der Waals surface area contributed by atoms with E-state index in [1.807, 2.05) is 0 Å². The highest BCUT2D eigenvalue weighted by Gasteiger charge is 2.28. The Labute approximate surface area is 149 Å². The Bertz CT molecular complexity index is 629. The Kier molecular flexibility index (Phi) is 6.36. The summed E-state index contributed by atoms with van der Waals surface area (Å²) in [5, 5.41) is 5.42.